The van der Waals surface area contributed by atoms with Gasteiger partial charge in [0.15, 0.2) is 0 Å². The molecule has 0 unspecified atom stereocenters. The lowest BCUT2D eigenvalue weighted by Gasteiger charge is -2.24. The number of benzene rings is 1. The SMILES string of the molecule is CC1=C(c2c[nH]c3cc(F)ccc23)CN(C(=O)OC(C)(C)C)C1. The number of aromatic nitrogens is 1. The fourth-order valence-corrected chi connectivity index (χ4v) is 2.88. The molecule has 0 saturated carbocycles. The van der Waals surface area contributed by atoms with E-state index >= 15 is 0 Å². The third-order valence-electron chi connectivity index (χ3n) is 3.91. The number of rotatable bonds is 1. The molecule has 4 nitrogen and oxygen atoms in total. The van der Waals surface area contributed by atoms with Crippen molar-refractivity contribution >= 4 is 22.6 Å². The van der Waals surface area contributed by atoms with Gasteiger partial charge in [-0.25, -0.2) is 9.18 Å². The third-order valence-corrected chi connectivity index (χ3v) is 3.91. The molecule has 0 saturated heterocycles. The van der Waals surface area contributed by atoms with Crippen LogP contribution in [0.5, 0.6) is 0 Å². The Hall–Kier alpha value is -2.30. The molecule has 0 spiro atoms. The standard InChI is InChI=1S/C18H21FN2O2/c1-11-9-21(17(22)23-18(2,3)4)10-15(11)14-8-20-16-7-12(19)5-6-13(14)16/h5-8,20H,9-10H2,1-4H3. The molecule has 0 atom stereocenters. The second kappa shape index (κ2) is 5.41. The van der Waals surface area contributed by atoms with E-state index in [9.17, 15) is 9.18 Å². The Morgan fingerprint density at radius 1 is 1.30 bits per heavy atom. The van der Waals surface area contributed by atoms with Gasteiger partial charge in [0.25, 0.3) is 0 Å². The largest absolute Gasteiger partial charge is 0.444 e. The van der Waals surface area contributed by atoms with Gasteiger partial charge in [-0.2, -0.15) is 0 Å². The Balaban J connectivity index is 1.86. The summed E-state index contributed by atoms with van der Waals surface area (Å²) in [5.41, 5.74) is 3.49. The zero-order valence-electron chi connectivity index (χ0n) is 13.9. The molecule has 3 rings (SSSR count). The third kappa shape index (κ3) is 3.09. The quantitative estimate of drug-likeness (QED) is 0.851. The monoisotopic (exact) mass is 316 g/mol. The minimum atomic E-state index is -0.508. The van der Waals surface area contributed by atoms with Crippen LogP contribution in [0.1, 0.15) is 33.3 Å². The van der Waals surface area contributed by atoms with Crippen LogP contribution in [0, 0.1) is 5.82 Å². The summed E-state index contributed by atoms with van der Waals surface area (Å²) in [6.07, 6.45) is 1.57. The van der Waals surface area contributed by atoms with Crippen molar-refractivity contribution in [3.05, 3.63) is 41.3 Å². The zero-order valence-corrected chi connectivity index (χ0v) is 13.9. The van der Waals surface area contributed by atoms with E-state index < -0.39 is 5.60 Å². The number of carbonyl (C=O) groups excluding carboxylic acids is 1. The number of nitrogens with one attached hydrogen (secondary N) is 1. The molecule has 2 aromatic rings. The van der Waals surface area contributed by atoms with E-state index in [2.05, 4.69) is 4.98 Å². The van der Waals surface area contributed by atoms with Crippen LogP contribution in [0.4, 0.5) is 9.18 Å². The van der Waals surface area contributed by atoms with Gasteiger partial charge in [-0.05, 0) is 57.0 Å². The molecule has 1 aromatic heterocycles. The maximum Gasteiger partial charge on any atom is 0.410 e. The molecular weight excluding hydrogens is 295 g/mol. The number of halogens is 1. The van der Waals surface area contributed by atoms with E-state index in [0.717, 1.165) is 27.6 Å². The van der Waals surface area contributed by atoms with Crippen molar-refractivity contribution in [2.75, 3.05) is 13.1 Å². The lowest BCUT2D eigenvalue weighted by molar-refractivity contribution is 0.0303. The van der Waals surface area contributed by atoms with E-state index in [1.807, 2.05) is 33.9 Å². The lowest BCUT2D eigenvalue weighted by atomic mass is 10.0. The van der Waals surface area contributed by atoms with Crippen LogP contribution in [0.3, 0.4) is 0 Å². The van der Waals surface area contributed by atoms with Crippen molar-refractivity contribution in [3.63, 3.8) is 0 Å². The Morgan fingerprint density at radius 3 is 2.74 bits per heavy atom. The second-order valence-electron chi connectivity index (χ2n) is 6.99. The molecule has 0 aliphatic carbocycles. The van der Waals surface area contributed by atoms with E-state index in [-0.39, 0.29) is 11.9 Å². The van der Waals surface area contributed by atoms with Gasteiger partial charge >= 0.3 is 6.09 Å². The van der Waals surface area contributed by atoms with Gasteiger partial charge in [0.05, 0.1) is 6.54 Å². The summed E-state index contributed by atoms with van der Waals surface area (Å²) < 4.78 is 18.8. The van der Waals surface area contributed by atoms with Gasteiger partial charge in [-0.15, -0.1) is 0 Å². The maximum absolute atomic E-state index is 13.3. The van der Waals surface area contributed by atoms with E-state index in [4.69, 9.17) is 4.74 Å². The van der Waals surface area contributed by atoms with Crippen LogP contribution < -0.4 is 0 Å². The summed E-state index contributed by atoms with van der Waals surface area (Å²) in [6, 6.07) is 4.71. The minimum absolute atomic E-state index is 0.265. The van der Waals surface area contributed by atoms with Gasteiger partial charge < -0.3 is 9.72 Å². The molecule has 1 amide bonds. The molecule has 1 aliphatic rings. The fourth-order valence-electron chi connectivity index (χ4n) is 2.88. The van der Waals surface area contributed by atoms with Crippen molar-refractivity contribution in [2.24, 2.45) is 0 Å². The molecule has 122 valence electrons. The Morgan fingerprint density at radius 2 is 2.04 bits per heavy atom. The summed E-state index contributed by atoms with van der Waals surface area (Å²) in [6.45, 7) is 8.65. The van der Waals surface area contributed by atoms with Crippen LogP contribution in [0.15, 0.2) is 30.0 Å². The fraction of sp³-hybridized carbons (Fsp3) is 0.389. The summed E-state index contributed by atoms with van der Waals surface area (Å²) in [5, 5.41) is 0.965. The average Bonchev–Trinajstić information content (AvgIpc) is 2.99. The summed E-state index contributed by atoms with van der Waals surface area (Å²) in [7, 11) is 0. The van der Waals surface area contributed by atoms with Crippen molar-refractivity contribution in [1.82, 2.24) is 9.88 Å². The van der Waals surface area contributed by atoms with Gasteiger partial charge in [-0.1, -0.05) is 0 Å². The second-order valence-corrected chi connectivity index (χ2v) is 6.99. The first-order valence-electron chi connectivity index (χ1n) is 7.68. The molecular formula is C18H21FN2O2. The highest BCUT2D eigenvalue weighted by molar-refractivity contribution is 5.95. The average molecular weight is 316 g/mol. The van der Waals surface area contributed by atoms with Crippen molar-refractivity contribution in [2.45, 2.75) is 33.3 Å². The van der Waals surface area contributed by atoms with E-state index in [0.29, 0.717) is 13.1 Å². The van der Waals surface area contributed by atoms with Gasteiger partial charge in [0, 0.05) is 29.2 Å². The number of aromatic amines is 1. The molecule has 1 N–H and O–H groups in total. The van der Waals surface area contributed by atoms with Crippen molar-refractivity contribution < 1.29 is 13.9 Å². The molecule has 23 heavy (non-hydrogen) atoms. The predicted octanol–water partition coefficient (Wildman–Crippen LogP) is 4.33. The van der Waals surface area contributed by atoms with Gasteiger partial charge in [0.2, 0.25) is 0 Å². The van der Waals surface area contributed by atoms with Crippen LogP contribution in [-0.2, 0) is 4.74 Å². The first kappa shape index (κ1) is 15.6. The molecule has 0 fully saturated rings. The first-order chi connectivity index (χ1) is 10.7. The predicted molar refractivity (Wildman–Crippen MR) is 88.7 cm³/mol. The highest BCUT2D eigenvalue weighted by Crippen LogP contribution is 2.32. The summed E-state index contributed by atoms with van der Waals surface area (Å²) >= 11 is 0. The Bertz CT molecular complexity index is 799. The molecule has 2 heterocycles. The first-order valence-corrected chi connectivity index (χ1v) is 7.68. The lowest BCUT2D eigenvalue weighted by Crippen LogP contribution is -2.35. The molecule has 1 aliphatic heterocycles. The number of hydrogen-bond donors (Lipinski definition) is 1. The Kier molecular flexibility index (Phi) is 3.66. The number of ether oxygens (including phenoxy) is 1. The van der Waals surface area contributed by atoms with Crippen LogP contribution >= 0.6 is 0 Å². The number of hydrogen-bond acceptors (Lipinski definition) is 2. The van der Waals surface area contributed by atoms with Crippen molar-refractivity contribution in [3.8, 4) is 0 Å². The van der Waals surface area contributed by atoms with Crippen molar-refractivity contribution in [1.29, 1.82) is 0 Å². The van der Waals surface area contributed by atoms with Crippen LogP contribution in [0.2, 0.25) is 0 Å². The van der Waals surface area contributed by atoms with E-state index in [1.54, 1.807) is 11.0 Å². The highest BCUT2D eigenvalue weighted by Gasteiger charge is 2.29. The summed E-state index contributed by atoms with van der Waals surface area (Å²) in [4.78, 5) is 17.0. The van der Waals surface area contributed by atoms with Gasteiger partial charge in [0.1, 0.15) is 11.4 Å². The van der Waals surface area contributed by atoms with Gasteiger partial charge in [-0.3, -0.25) is 4.90 Å². The molecule has 0 radical (unpaired) electrons. The Labute approximate surface area is 134 Å². The number of fused-ring (bicyclic) bond motifs is 1. The summed E-state index contributed by atoms with van der Waals surface area (Å²) in [5.74, 6) is -0.265. The number of H-pyrrole nitrogens is 1. The number of carbonyl (C=O) groups is 1. The topological polar surface area (TPSA) is 45.3 Å². The number of amides is 1. The van der Waals surface area contributed by atoms with Crippen LogP contribution in [0.25, 0.3) is 16.5 Å². The highest BCUT2D eigenvalue weighted by atomic mass is 19.1. The number of nitrogens with zero attached hydrogens (tertiary/aromatic N) is 1. The smallest absolute Gasteiger partial charge is 0.410 e. The normalized spacial score (nSPS) is 15.6. The van der Waals surface area contributed by atoms with E-state index in [1.165, 1.54) is 12.1 Å². The minimum Gasteiger partial charge on any atom is -0.444 e. The van der Waals surface area contributed by atoms with Crippen LogP contribution in [-0.4, -0.2) is 34.7 Å². The molecule has 0 bridgehead atoms. The molecule has 1 aromatic carbocycles. The molecule has 5 heteroatoms. The zero-order chi connectivity index (χ0) is 16.8. The maximum atomic E-state index is 13.3.